The molecule has 0 fully saturated rings. The van der Waals surface area contributed by atoms with Gasteiger partial charge in [0.15, 0.2) is 0 Å². The van der Waals surface area contributed by atoms with E-state index in [2.05, 4.69) is 4.98 Å². The van der Waals surface area contributed by atoms with Crippen molar-refractivity contribution in [2.75, 3.05) is 5.73 Å². The fourth-order valence-corrected chi connectivity index (χ4v) is 2.47. The van der Waals surface area contributed by atoms with Crippen LogP contribution in [0.1, 0.15) is 11.1 Å². The van der Waals surface area contributed by atoms with E-state index in [1.54, 1.807) is 22.9 Å². The van der Waals surface area contributed by atoms with Crippen molar-refractivity contribution in [2.24, 2.45) is 0 Å². The molecule has 0 radical (unpaired) electrons. The van der Waals surface area contributed by atoms with Crippen molar-refractivity contribution in [3.05, 3.63) is 72.1 Å². The lowest BCUT2D eigenvalue weighted by Crippen LogP contribution is -2.10. The molecular weight excluding hydrogens is 303 g/mol. The summed E-state index contributed by atoms with van der Waals surface area (Å²) in [5.74, 6) is 0.265. The van der Waals surface area contributed by atoms with Gasteiger partial charge in [-0.25, -0.2) is 4.98 Å². The Morgan fingerprint density at radius 2 is 1.70 bits per heavy atom. The second kappa shape index (κ2) is 5.79. The fraction of sp³-hybridized carbons (Fsp3) is 0.118. The van der Waals surface area contributed by atoms with Crippen molar-refractivity contribution in [3.8, 4) is 11.4 Å². The number of alkyl halides is 3. The Bertz CT molecular complexity index is 822. The maximum absolute atomic E-state index is 13.2. The van der Waals surface area contributed by atoms with Crippen LogP contribution in [0.15, 0.2) is 60.9 Å². The van der Waals surface area contributed by atoms with Crippen LogP contribution in [0.4, 0.5) is 18.9 Å². The van der Waals surface area contributed by atoms with Crippen LogP contribution in [0.3, 0.4) is 0 Å². The van der Waals surface area contributed by atoms with Crippen LogP contribution in [0.5, 0.6) is 0 Å². The summed E-state index contributed by atoms with van der Waals surface area (Å²) in [4.78, 5) is 4.11. The first-order chi connectivity index (χ1) is 11.0. The van der Waals surface area contributed by atoms with E-state index in [4.69, 9.17) is 5.73 Å². The number of benzene rings is 2. The highest BCUT2D eigenvalue weighted by atomic mass is 19.4. The van der Waals surface area contributed by atoms with Crippen LogP contribution in [-0.4, -0.2) is 9.55 Å². The average molecular weight is 317 g/mol. The van der Waals surface area contributed by atoms with Gasteiger partial charge in [-0.1, -0.05) is 36.4 Å². The molecule has 2 N–H and O–H groups in total. The molecule has 0 saturated heterocycles. The van der Waals surface area contributed by atoms with Crippen molar-refractivity contribution in [1.29, 1.82) is 0 Å². The number of para-hydroxylation sites is 1. The quantitative estimate of drug-likeness (QED) is 0.736. The summed E-state index contributed by atoms with van der Waals surface area (Å²) in [6, 6.07) is 12.7. The zero-order valence-electron chi connectivity index (χ0n) is 12.1. The molecule has 2 aromatic carbocycles. The normalized spacial score (nSPS) is 11.6. The summed E-state index contributed by atoms with van der Waals surface area (Å²) < 4.78 is 41.3. The SMILES string of the molecule is Nc1ccccc1Cn1ccnc1-c1ccccc1C(F)(F)F. The number of nitrogens with zero attached hydrogens (tertiary/aromatic N) is 2. The molecule has 0 atom stereocenters. The summed E-state index contributed by atoms with van der Waals surface area (Å²) in [7, 11) is 0. The lowest BCUT2D eigenvalue weighted by molar-refractivity contribution is -0.137. The molecule has 118 valence electrons. The molecule has 3 rings (SSSR count). The molecule has 0 aliphatic heterocycles. The lowest BCUT2D eigenvalue weighted by Gasteiger charge is -2.14. The predicted octanol–water partition coefficient (Wildman–Crippen LogP) is 4.20. The van der Waals surface area contributed by atoms with Gasteiger partial charge in [0.05, 0.1) is 12.1 Å². The van der Waals surface area contributed by atoms with Gasteiger partial charge in [-0.05, 0) is 17.7 Å². The third-order valence-electron chi connectivity index (χ3n) is 3.58. The monoisotopic (exact) mass is 317 g/mol. The standard InChI is InChI=1S/C17H14F3N3/c18-17(19,20)14-7-3-2-6-13(14)16-22-9-10-23(16)11-12-5-1-4-8-15(12)21/h1-10H,11,21H2. The van der Waals surface area contributed by atoms with E-state index in [0.717, 1.165) is 11.6 Å². The van der Waals surface area contributed by atoms with Crippen LogP contribution in [-0.2, 0) is 12.7 Å². The van der Waals surface area contributed by atoms with Gasteiger partial charge in [0.1, 0.15) is 5.82 Å². The van der Waals surface area contributed by atoms with Crippen LogP contribution in [0.2, 0.25) is 0 Å². The Morgan fingerprint density at radius 1 is 1.00 bits per heavy atom. The number of rotatable bonds is 3. The molecule has 3 aromatic rings. The van der Waals surface area contributed by atoms with Gasteiger partial charge in [0.25, 0.3) is 0 Å². The predicted molar refractivity (Wildman–Crippen MR) is 82.6 cm³/mol. The summed E-state index contributed by atoms with van der Waals surface area (Å²) in [6.45, 7) is 0.355. The van der Waals surface area contributed by atoms with E-state index >= 15 is 0 Å². The van der Waals surface area contributed by atoms with Gasteiger partial charge in [-0.2, -0.15) is 13.2 Å². The fourth-order valence-electron chi connectivity index (χ4n) is 2.47. The second-order valence-corrected chi connectivity index (χ2v) is 5.12. The van der Waals surface area contributed by atoms with Gasteiger partial charge in [-0.3, -0.25) is 0 Å². The topological polar surface area (TPSA) is 43.8 Å². The summed E-state index contributed by atoms with van der Waals surface area (Å²) in [5.41, 5.74) is 6.69. The molecule has 3 nitrogen and oxygen atoms in total. The van der Waals surface area contributed by atoms with Crippen molar-refractivity contribution in [1.82, 2.24) is 9.55 Å². The van der Waals surface area contributed by atoms with Gasteiger partial charge in [0.2, 0.25) is 0 Å². The number of halogens is 3. The summed E-state index contributed by atoms with van der Waals surface area (Å²) in [6.07, 6.45) is -1.30. The maximum atomic E-state index is 13.2. The van der Waals surface area contributed by atoms with Crippen molar-refractivity contribution in [2.45, 2.75) is 12.7 Å². The molecule has 0 unspecified atom stereocenters. The third-order valence-corrected chi connectivity index (χ3v) is 3.58. The van der Waals surface area contributed by atoms with Gasteiger partial charge >= 0.3 is 6.18 Å². The number of imidazole rings is 1. The number of aromatic nitrogens is 2. The van der Waals surface area contributed by atoms with Gasteiger partial charge in [0, 0.05) is 23.6 Å². The van der Waals surface area contributed by atoms with E-state index in [-0.39, 0.29) is 11.4 Å². The molecule has 0 aliphatic carbocycles. The van der Waals surface area contributed by atoms with E-state index in [9.17, 15) is 13.2 Å². The summed E-state index contributed by atoms with van der Waals surface area (Å²) in [5, 5.41) is 0. The number of anilines is 1. The van der Waals surface area contributed by atoms with Crippen LogP contribution < -0.4 is 5.73 Å². The molecule has 1 heterocycles. The highest BCUT2D eigenvalue weighted by molar-refractivity contribution is 5.62. The average Bonchev–Trinajstić information content (AvgIpc) is 2.97. The summed E-state index contributed by atoms with van der Waals surface area (Å²) >= 11 is 0. The Kier molecular flexibility index (Phi) is 3.82. The third kappa shape index (κ3) is 3.06. The largest absolute Gasteiger partial charge is 0.417 e. The van der Waals surface area contributed by atoms with E-state index in [1.807, 2.05) is 18.2 Å². The van der Waals surface area contributed by atoms with Crippen molar-refractivity contribution < 1.29 is 13.2 Å². The van der Waals surface area contributed by atoms with Crippen LogP contribution in [0.25, 0.3) is 11.4 Å². The van der Waals surface area contributed by atoms with Crippen molar-refractivity contribution in [3.63, 3.8) is 0 Å². The Labute approximate surface area is 131 Å². The molecule has 1 aromatic heterocycles. The number of nitrogens with two attached hydrogens (primary N) is 1. The van der Waals surface area contributed by atoms with Gasteiger partial charge < -0.3 is 10.3 Å². The maximum Gasteiger partial charge on any atom is 0.417 e. The van der Waals surface area contributed by atoms with E-state index < -0.39 is 11.7 Å². The zero-order chi connectivity index (χ0) is 16.4. The molecule has 0 spiro atoms. The van der Waals surface area contributed by atoms with Gasteiger partial charge in [-0.15, -0.1) is 0 Å². The molecule has 0 bridgehead atoms. The minimum Gasteiger partial charge on any atom is -0.398 e. The Hall–Kier alpha value is -2.76. The first kappa shape index (κ1) is 15.1. The lowest BCUT2D eigenvalue weighted by atomic mass is 10.1. The minimum absolute atomic E-state index is 0.0551. The Morgan fingerprint density at radius 3 is 2.43 bits per heavy atom. The first-order valence-electron chi connectivity index (χ1n) is 6.98. The zero-order valence-corrected chi connectivity index (χ0v) is 12.1. The van der Waals surface area contributed by atoms with Crippen molar-refractivity contribution >= 4 is 5.69 Å². The molecule has 6 heteroatoms. The highest BCUT2D eigenvalue weighted by Gasteiger charge is 2.34. The number of hydrogen-bond acceptors (Lipinski definition) is 2. The molecule has 0 saturated carbocycles. The second-order valence-electron chi connectivity index (χ2n) is 5.12. The Balaban J connectivity index is 2.05. The number of hydrogen-bond donors (Lipinski definition) is 1. The van der Waals surface area contributed by atoms with E-state index in [1.165, 1.54) is 18.3 Å². The highest BCUT2D eigenvalue weighted by Crippen LogP contribution is 2.36. The molecular formula is C17H14F3N3. The van der Waals surface area contributed by atoms with E-state index in [0.29, 0.717) is 12.2 Å². The smallest absolute Gasteiger partial charge is 0.398 e. The van der Waals surface area contributed by atoms with Crippen LogP contribution in [0, 0.1) is 0 Å². The minimum atomic E-state index is -4.43. The number of nitrogen functional groups attached to an aromatic ring is 1. The van der Waals surface area contributed by atoms with Crippen LogP contribution >= 0.6 is 0 Å². The first-order valence-corrected chi connectivity index (χ1v) is 6.98. The molecule has 23 heavy (non-hydrogen) atoms. The molecule has 0 aliphatic rings. The molecule has 0 amide bonds.